The van der Waals surface area contributed by atoms with Gasteiger partial charge in [0.1, 0.15) is 11.6 Å². The molecule has 0 amide bonds. The summed E-state index contributed by atoms with van der Waals surface area (Å²) in [5.41, 5.74) is 0. The van der Waals surface area contributed by atoms with Gasteiger partial charge in [0.2, 0.25) is 0 Å². The second kappa shape index (κ2) is 6.89. The Morgan fingerprint density at radius 3 is 2.59 bits per heavy atom. The van der Waals surface area contributed by atoms with E-state index in [4.69, 9.17) is 28.3 Å². The number of aliphatic hydroxyl groups is 1. The zero-order chi connectivity index (χ0) is 12.8. The van der Waals surface area contributed by atoms with Crippen molar-refractivity contribution >= 4 is 34.8 Å². The van der Waals surface area contributed by atoms with E-state index >= 15 is 0 Å². The number of hydrogen-bond acceptors (Lipinski definition) is 4. The number of nitrogens with one attached hydrogen (secondary N) is 2. The molecular formula is C11H17Cl2N3O. The molecular weight excluding hydrogens is 261 g/mol. The third-order valence-corrected chi connectivity index (χ3v) is 2.71. The Hall–Kier alpha value is -0.710. The van der Waals surface area contributed by atoms with Gasteiger partial charge in [-0.05, 0) is 19.4 Å². The summed E-state index contributed by atoms with van der Waals surface area (Å²) < 4.78 is 0. The summed E-state index contributed by atoms with van der Waals surface area (Å²) in [6.07, 6.45) is 0.983. The fraction of sp³-hybridized carbons (Fsp3) is 0.545. The monoisotopic (exact) mass is 277 g/mol. The Morgan fingerprint density at radius 1 is 1.35 bits per heavy atom. The van der Waals surface area contributed by atoms with Gasteiger partial charge in [0.25, 0.3) is 0 Å². The Bertz CT molecular complexity index is 374. The van der Waals surface area contributed by atoms with Crippen molar-refractivity contribution in [2.24, 2.45) is 0 Å². The third kappa shape index (κ3) is 4.22. The second-order valence-corrected chi connectivity index (χ2v) is 4.62. The van der Waals surface area contributed by atoms with E-state index in [1.807, 2.05) is 6.92 Å². The average molecular weight is 278 g/mol. The van der Waals surface area contributed by atoms with Crippen LogP contribution in [-0.2, 0) is 0 Å². The Kier molecular flexibility index (Phi) is 5.82. The fourth-order valence-electron chi connectivity index (χ4n) is 1.21. The molecule has 0 bridgehead atoms. The van der Waals surface area contributed by atoms with E-state index in [0.717, 1.165) is 13.0 Å². The van der Waals surface area contributed by atoms with Crippen LogP contribution in [0.15, 0.2) is 6.07 Å². The molecule has 96 valence electrons. The maximum atomic E-state index is 8.98. The molecule has 1 aromatic rings. The van der Waals surface area contributed by atoms with Crippen LogP contribution in [0.5, 0.6) is 0 Å². The van der Waals surface area contributed by atoms with Crippen LogP contribution in [0.25, 0.3) is 0 Å². The van der Waals surface area contributed by atoms with Crippen LogP contribution in [0.1, 0.15) is 20.3 Å². The maximum absolute atomic E-state index is 8.98. The van der Waals surface area contributed by atoms with Gasteiger partial charge in [-0.3, -0.25) is 0 Å². The van der Waals surface area contributed by atoms with Gasteiger partial charge in [-0.25, -0.2) is 4.98 Å². The number of nitrogens with zero attached hydrogens (tertiary/aromatic N) is 1. The van der Waals surface area contributed by atoms with Crippen molar-refractivity contribution in [3.05, 3.63) is 16.1 Å². The predicted octanol–water partition coefficient (Wildman–Crippen LogP) is 3.00. The minimum atomic E-state index is -0.111. The maximum Gasteiger partial charge on any atom is 0.147 e. The first-order valence-electron chi connectivity index (χ1n) is 5.55. The molecule has 1 aromatic heterocycles. The molecule has 3 N–H and O–H groups in total. The van der Waals surface area contributed by atoms with E-state index in [2.05, 4.69) is 22.5 Å². The molecule has 1 rings (SSSR count). The van der Waals surface area contributed by atoms with E-state index in [-0.39, 0.29) is 12.6 Å². The van der Waals surface area contributed by atoms with Crippen LogP contribution in [0.4, 0.5) is 11.6 Å². The lowest BCUT2D eigenvalue weighted by Gasteiger charge is -2.15. The van der Waals surface area contributed by atoms with E-state index in [9.17, 15) is 0 Å². The van der Waals surface area contributed by atoms with Crippen LogP contribution < -0.4 is 10.6 Å². The van der Waals surface area contributed by atoms with Crippen molar-refractivity contribution in [1.29, 1.82) is 0 Å². The molecule has 0 aliphatic carbocycles. The Morgan fingerprint density at radius 2 is 2.00 bits per heavy atom. The molecule has 0 saturated carbocycles. The lowest BCUT2D eigenvalue weighted by Crippen LogP contribution is -2.20. The second-order valence-electron chi connectivity index (χ2n) is 3.80. The number of anilines is 2. The first-order valence-corrected chi connectivity index (χ1v) is 6.31. The van der Waals surface area contributed by atoms with Crippen LogP contribution in [0, 0.1) is 0 Å². The van der Waals surface area contributed by atoms with Gasteiger partial charge in [0, 0.05) is 12.6 Å². The standard InChI is InChI=1S/C11H17Cl2N3O/c1-3-4-14-10-8(12)5-9(13)11(16-10)15-7(2)6-17/h5,7,17H,3-4,6H2,1-2H3,(H2,14,15,16). The summed E-state index contributed by atoms with van der Waals surface area (Å²) in [7, 11) is 0. The molecule has 0 saturated heterocycles. The summed E-state index contributed by atoms with van der Waals surface area (Å²) in [5, 5.41) is 16.0. The molecule has 0 spiro atoms. The Labute approximate surface area is 111 Å². The van der Waals surface area contributed by atoms with Gasteiger partial charge < -0.3 is 15.7 Å². The molecule has 0 aliphatic rings. The van der Waals surface area contributed by atoms with E-state index in [1.54, 1.807) is 6.07 Å². The molecule has 6 heteroatoms. The highest BCUT2D eigenvalue weighted by molar-refractivity contribution is 6.37. The minimum Gasteiger partial charge on any atom is -0.394 e. The molecule has 0 radical (unpaired) electrons. The van der Waals surface area contributed by atoms with Gasteiger partial charge in [0.05, 0.1) is 16.7 Å². The number of halogens is 2. The average Bonchev–Trinajstić information content (AvgIpc) is 2.30. The molecule has 17 heavy (non-hydrogen) atoms. The highest BCUT2D eigenvalue weighted by Gasteiger charge is 2.10. The number of hydrogen-bond donors (Lipinski definition) is 3. The highest BCUT2D eigenvalue weighted by atomic mass is 35.5. The molecule has 4 nitrogen and oxygen atoms in total. The van der Waals surface area contributed by atoms with E-state index < -0.39 is 0 Å². The molecule has 1 unspecified atom stereocenters. The van der Waals surface area contributed by atoms with Crippen molar-refractivity contribution in [3.63, 3.8) is 0 Å². The van der Waals surface area contributed by atoms with E-state index in [0.29, 0.717) is 21.7 Å². The normalized spacial score (nSPS) is 12.3. The third-order valence-electron chi connectivity index (χ3n) is 2.13. The van der Waals surface area contributed by atoms with Crippen molar-refractivity contribution in [1.82, 2.24) is 4.98 Å². The van der Waals surface area contributed by atoms with Crippen LogP contribution in [0.2, 0.25) is 10.0 Å². The molecule has 0 aliphatic heterocycles. The number of pyridine rings is 1. The first-order chi connectivity index (χ1) is 8.08. The van der Waals surface area contributed by atoms with Crippen molar-refractivity contribution < 1.29 is 5.11 Å². The van der Waals surface area contributed by atoms with Crippen molar-refractivity contribution in [2.45, 2.75) is 26.3 Å². The highest BCUT2D eigenvalue weighted by Crippen LogP contribution is 2.29. The SMILES string of the molecule is CCCNc1nc(NC(C)CO)c(Cl)cc1Cl. The van der Waals surface area contributed by atoms with E-state index in [1.165, 1.54) is 0 Å². The first kappa shape index (κ1) is 14.4. The lowest BCUT2D eigenvalue weighted by molar-refractivity contribution is 0.281. The number of rotatable bonds is 6. The summed E-state index contributed by atoms with van der Waals surface area (Å²) in [6, 6.07) is 1.53. The summed E-state index contributed by atoms with van der Waals surface area (Å²) >= 11 is 12.0. The summed E-state index contributed by atoms with van der Waals surface area (Å²) in [4.78, 5) is 4.30. The zero-order valence-corrected chi connectivity index (χ0v) is 11.4. The van der Waals surface area contributed by atoms with Gasteiger partial charge in [-0.2, -0.15) is 0 Å². The van der Waals surface area contributed by atoms with Gasteiger partial charge in [-0.1, -0.05) is 30.1 Å². The quantitative estimate of drug-likeness (QED) is 0.748. The van der Waals surface area contributed by atoms with Gasteiger partial charge >= 0.3 is 0 Å². The van der Waals surface area contributed by atoms with Crippen molar-refractivity contribution in [3.8, 4) is 0 Å². The van der Waals surface area contributed by atoms with Crippen molar-refractivity contribution in [2.75, 3.05) is 23.8 Å². The van der Waals surface area contributed by atoms with Gasteiger partial charge in [0.15, 0.2) is 0 Å². The van der Waals surface area contributed by atoms with Crippen LogP contribution in [0.3, 0.4) is 0 Å². The minimum absolute atomic E-state index is 0.0123. The smallest absolute Gasteiger partial charge is 0.147 e. The number of aromatic nitrogens is 1. The topological polar surface area (TPSA) is 57.2 Å². The molecule has 0 aromatic carbocycles. The molecule has 0 fully saturated rings. The zero-order valence-electron chi connectivity index (χ0n) is 9.93. The summed E-state index contributed by atoms with van der Waals surface area (Å²) in [5.74, 6) is 1.13. The lowest BCUT2D eigenvalue weighted by atomic mass is 10.3. The van der Waals surface area contributed by atoms with Crippen LogP contribution >= 0.6 is 23.2 Å². The fourth-order valence-corrected chi connectivity index (χ4v) is 1.69. The number of aliphatic hydroxyl groups excluding tert-OH is 1. The van der Waals surface area contributed by atoms with Crippen LogP contribution in [-0.4, -0.2) is 29.3 Å². The molecule has 1 heterocycles. The largest absolute Gasteiger partial charge is 0.394 e. The summed E-state index contributed by atoms with van der Waals surface area (Å²) in [6.45, 7) is 4.71. The predicted molar refractivity (Wildman–Crippen MR) is 73.2 cm³/mol. The Balaban J connectivity index is 2.89. The van der Waals surface area contributed by atoms with Gasteiger partial charge in [-0.15, -0.1) is 0 Å². The molecule has 1 atom stereocenters.